The van der Waals surface area contributed by atoms with Crippen LogP contribution < -0.4 is 4.74 Å². The van der Waals surface area contributed by atoms with Gasteiger partial charge in [-0.1, -0.05) is 0 Å². The Kier molecular flexibility index (Phi) is 2.36. The van der Waals surface area contributed by atoms with Crippen LogP contribution in [0.2, 0.25) is 0 Å². The summed E-state index contributed by atoms with van der Waals surface area (Å²) in [6.07, 6.45) is 0.147. The SMILES string of the molecule is COC(=O)c1cc(OC[C@@H]2CO2)no1. The summed E-state index contributed by atoms with van der Waals surface area (Å²) in [5, 5.41) is 3.53. The molecule has 0 spiro atoms. The van der Waals surface area contributed by atoms with Crippen LogP contribution >= 0.6 is 0 Å². The van der Waals surface area contributed by atoms with Gasteiger partial charge in [0.15, 0.2) is 0 Å². The molecule has 0 radical (unpaired) electrons. The van der Waals surface area contributed by atoms with Crippen LogP contribution in [0.4, 0.5) is 0 Å². The van der Waals surface area contributed by atoms with Crippen LogP contribution in [-0.4, -0.2) is 37.6 Å². The lowest BCUT2D eigenvalue weighted by atomic mass is 10.4. The zero-order valence-electron chi connectivity index (χ0n) is 7.56. The summed E-state index contributed by atoms with van der Waals surface area (Å²) < 4.78 is 19.2. The molecule has 0 bridgehead atoms. The fourth-order valence-corrected chi connectivity index (χ4v) is 0.866. The maximum atomic E-state index is 10.9. The molecule has 1 aliphatic heterocycles. The lowest BCUT2D eigenvalue weighted by Crippen LogP contribution is -2.04. The largest absolute Gasteiger partial charge is 0.473 e. The van der Waals surface area contributed by atoms with Crippen molar-refractivity contribution < 1.29 is 23.5 Å². The maximum Gasteiger partial charge on any atom is 0.377 e. The van der Waals surface area contributed by atoms with Crippen molar-refractivity contribution in [1.29, 1.82) is 0 Å². The van der Waals surface area contributed by atoms with E-state index in [0.29, 0.717) is 13.2 Å². The van der Waals surface area contributed by atoms with Crippen LogP contribution in [0, 0.1) is 0 Å². The number of methoxy groups -OCH3 is 1. The smallest absolute Gasteiger partial charge is 0.377 e. The lowest BCUT2D eigenvalue weighted by molar-refractivity contribution is 0.0554. The lowest BCUT2D eigenvalue weighted by Gasteiger charge is -1.95. The molecule has 1 fully saturated rings. The molecule has 0 amide bonds. The Hall–Kier alpha value is -1.56. The van der Waals surface area contributed by atoms with Gasteiger partial charge in [-0.3, -0.25) is 0 Å². The fraction of sp³-hybridized carbons (Fsp3) is 0.500. The minimum atomic E-state index is -0.574. The zero-order chi connectivity index (χ0) is 9.97. The fourth-order valence-electron chi connectivity index (χ4n) is 0.866. The molecule has 1 saturated heterocycles. The van der Waals surface area contributed by atoms with E-state index >= 15 is 0 Å². The first kappa shape index (κ1) is 9.01. The second-order valence-corrected chi connectivity index (χ2v) is 2.79. The van der Waals surface area contributed by atoms with Crippen LogP contribution in [0.5, 0.6) is 5.88 Å². The molecule has 1 aliphatic rings. The minimum absolute atomic E-state index is 0.0271. The number of hydrogen-bond donors (Lipinski definition) is 0. The third-order valence-electron chi connectivity index (χ3n) is 1.69. The molecular formula is C8H9NO5. The van der Waals surface area contributed by atoms with Crippen LogP contribution in [-0.2, 0) is 9.47 Å². The quantitative estimate of drug-likeness (QED) is 0.510. The second kappa shape index (κ2) is 3.67. The van der Waals surface area contributed by atoms with Crippen molar-refractivity contribution in [1.82, 2.24) is 5.16 Å². The third-order valence-corrected chi connectivity index (χ3v) is 1.69. The average molecular weight is 199 g/mol. The number of epoxide rings is 1. The zero-order valence-corrected chi connectivity index (χ0v) is 7.56. The first-order chi connectivity index (χ1) is 6.79. The average Bonchev–Trinajstić information content (AvgIpc) is 2.92. The summed E-state index contributed by atoms with van der Waals surface area (Å²) in [4.78, 5) is 10.9. The highest BCUT2D eigenvalue weighted by Gasteiger charge is 2.24. The van der Waals surface area contributed by atoms with Gasteiger partial charge >= 0.3 is 5.97 Å². The van der Waals surface area contributed by atoms with Gasteiger partial charge in [-0.25, -0.2) is 4.79 Å². The highest BCUT2D eigenvalue weighted by atomic mass is 16.6. The van der Waals surface area contributed by atoms with Gasteiger partial charge < -0.3 is 18.7 Å². The Morgan fingerprint density at radius 2 is 2.57 bits per heavy atom. The highest BCUT2D eigenvalue weighted by molar-refractivity contribution is 5.86. The number of carbonyl (C=O) groups excluding carboxylic acids is 1. The predicted octanol–water partition coefficient (Wildman–Crippen LogP) is 0.239. The molecule has 1 aromatic heterocycles. The van der Waals surface area contributed by atoms with E-state index in [1.54, 1.807) is 0 Å². The van der Waals surface area contributed by atoms with E-state index in [9.17, 15) is 4.79 Å². The van der Waals surface area contributed by atoms with Crippen molar-refractivity contribution in [3.05, 3.63) is 11.8 Å². The van der Waals surface area contributed by atoms with Crippen LogP contribution in [0.3, 0.4) is 0 Å². The molecule has 2 rings (SSSR count). The number of hydrogen-bond acceptors (Lipinski definition) is 6. The van der Waals surface area contributed by atoms with Gasteiger partial charge in [-0.05, 0) is 5.16 Å². The Morgan fingerprint density at radius 1 is 1.79 bits per heavy atom. The van der Waals surface area contributed by atoms with Crippen LogP contribution in [0.1, 0.15) is 10.6 Å². The molecular weight excluding hydrogens is 190 g/mol. The van der Waals surface area contributed by atoms with E-state index in [0.717, 1.165) is 0 Å². The Morgan fingerprint density at radius 3 is 3.21 bits per heavy atom. The van der Waals surface area contributed by atoms with Crippen molar-refractivity contribution in [2.45, 2.75) is 6.10 Å². The van der Waals surface area contributed by atoms with Gasteiger partial charge in [0.05, 0.1) is 19.8 Å². The summed E-state index contributed by atoms with van der Waals surface area (Å²) >= 11 is 0. The number of esters is 1. The molecule has 0 saturated carbocycles. The summed E-state index contributed by atoms with van der Waals surface area (Å²) in [6, 6.07) is 1.38. The highest BCUT2D eigenvalue weighted by Crippen LogP contribution is 2.15. The van der Waals surface area contributed by atoms with Crippen molar-refractivity contribution in [2.75, 3.05) is 20.3 Å². The Balaban J connectivity index is 1.91. The second-order valence-electron chi connectivity index (χ2n) is 2.79. The molecule has 6 nitrogen and oxygen atoms in total. The van der Waals surface area contributed by atoms with E-state index < -0.39 is 5.97 Å². The van der Waals surface area contributed by atoms with Crippen molar-refractivity contribution in [2.24, 2.45) is 0 Å². The molecule has 0 aromatic carbocycles. The first-order valence-electron chi connectivity index (χ1n) is 4.09. The van der Waals surface area contributed by atoms with Crippen LogP contribution in [0.15, 0.2) is 10.6 Å². The molecule has 1 aromatic rings. The van der Waals surface area contributed by atoms with E-state index in [2.05, 4.69) is 14.4 Å². The van der Waals surface area contributed by atoms with Gasteiger partial charge in [-0.2, -0.15) is 0 Å². The maximum absolute atomic E-state index is 10.9. The Labute approximate surface area is 79.7 Å². The molecule has 0 N–H and O–H groups in total. The molecule has 0 aliphatic carbocycles. The summed E-state index contributed by atoms with van der Waals surface area (Å²) in [7, 11) is 1.27. The topological polar surface area (TPSA) is 74.1 Å². The van der Waals surface area contributed by atoms with Crippen molar-refractivity contribution in [3.63, 3.8) is 0 Å². The van der Waals surface area contributed by atoms with Gasteiger partial charge in [0.25, 0.3) is 5.88 Å². The standard InChI is InChI=1S/C8H9NO5/c1-11-8(10)6-2-7(9-14-6)13-4-5-3-12-5/h2,5H,3-4H2,1H3/t5-/m0/s1. The minimum Gasteiger partial charge on any atom is -0.473 e. The van der Waals surface area contributed by atoms with Crippen LogP contribution in [0.25, 0.3) is 0 Å². The summed E-state index contributed by atoms with van der Waals surface area (Å²) in [5.41, 5.74) is 0. The van der Waals surface area contributed by atoms with E-state index in [4.69, 9.17) is 9.47 Å². The number of aromatic nitrogens is 1. The van der Waals surface area contributed by atoms with Gasteiger partial charge in [0.1, 0.15) is 12.7 Å². The Bertz CT molecular complexity index is 330. The first-order valence-corrected chi connectivity index (χ1v) is 4.09. The number of ether oxygens (including phenoxy) is 3. The van der Waals surface area contributed by atoms with Crippen molar-refractivity contribution in [3.8, 4) is 5.88 Å². The third kappa shape index (κ3) is 2.02. The summed E-state index contributed by atoms with van der Waals surface area (Å²) in [6.45, 7) is 1.13. The predicted molar refractivity (Wildman–Crippen MR) is 43.1 cm³/mol. The molecule has 6 heteroatoms. The van der Waals surface area contributed by atoms with Gasteiger partial charge in [-0.15, -0.1) is 0 Å². The summed E-state index contributed by atoms with van der Waals surface area (Å²) in [5.74, 6) is -0.282. The van der Waals surface area contributed by atoms with Gasteiger partial charge in [0.2, 0.25) is 5.76 Å². The molecule has 14 heavy (non-hydrogen) atoms. The molecule has 76 valence electrons. The van der Waals surface area contributed by atoms with E-state index in [1.807, 2.05) is 0 Å². The molecule has 2 heterocycles. The van der Waals surface area contributed by atoms with E-state index in [-0.39, 0.29) is 17.7 Å². The number of carbonyl (C=O) groups is 1. The monoisotopic (exact) mass is 199 g/mol. The normalized spacial score (nSPS) is 19.1. The molecule has 0 unspecified atom stereocenters. The van der Waals surface area contributed by atoms with E-state index in [1.165, 1.54) is 13.2 Å². The number of rotatable bonds is 4. The van der Waals surface area contributed by atoms with Gasteiger partial charge in [0, 0.05) is 0 Å². The number of nitrogens with zero attached hydrogens (tertiary/aromatic N) is 1. The molecule has 1 atom stereocenters. The van der Waals surface area contributed by atoms with Crippen molar-refractivity contribution >= 4 is 5.97 Å².